The second-order valence-corrected chi connectivity index (χ2v) is 5.32. The van der Waals surface area contributed by atoms with Gasteiger partial charge in [-0.25, -0.2) is 0 Å². The lowest BCUT2D eigenvalue weighted by Crippen LogP contribution is -1.98. The molecule has 0 aromatic heterocycles. The number of hydrogen-bond acceptors (Lipinski definition) is 6. The summed E-state index contributed by atoms with van der Waals surface area (Å²) in [5.74, 6) is 2.80. The second-order valence-electron chi connectivity index (χ2n) is 5.32. The molecule has 140 valence electrons. The Morgan fingerprint density at radius 1 is 0.731 bits per heavy atom. The fourth-order valence-corrected chi connectivity index (χ4v) is 2.69. The molecule has 2 rings (SSSR count). The van der Waals surface area contributed by atoms with Gasteiger partial charge in [0.15, 0.2) is 23.0 Å². The van der Waals surface area contributed by atoms with Crippen molar-refractivity contribution in [2.75, 3.05) is 35.5 Å². The van der Waals surface area contributed by atoms with Crippen molar-refractivity contribution in [3.05, 3.63) is 41.0 Å². The maximum Gasteiger partial charge on any atom is 0.203 e. The van der Waals surface area contributed by atoms with Crippen LogP contribution in [0.1, 0.15) is 16.7 Å². The van der Waals surface area contributed by atoms with Gasteiger partial charge in [0, 0.05) is 5.56 Å². The van der Waals surface area contributed by atoms with Crippen LogP contribution in [0.3, 0.4) is 0 Å². The van der Waals surface area contributed by atoms with Crippen LogP contribution < -0.4 is 23.7 Å². The summed E-state index contributed by atoms with van der Waals surface area (Å²) in [5.41, 5.74) is 2.31. The van der Waals surface area contributed by atoms with Crippen LogP contribution in [0.4, 0.5) is 0 Å². The Hall–Kier alpha value is -2.86. The Labute approximate surface area is 153 Å². The Morgan fingerprint density at radius 3 is 1.77 bits per heavy atom. The summed E-state index contributed by atoms with van der Waals surface area (Å²) in [5, 5.41) is 9.65. The van der Waals surface area contributed by atoms with Gasteiger partial charge in [-0.1, -0.05) is 18.2 Å². The van der Waals surface area contributed by atoms with Gasteiger partial charge in [-0.3, -0.25) is 0 Å². The molecule has 0 aliphatic heterocycles. The number of aliphatic hydroxyl groups excluding tert-OH is 1. The van der Waals surface area contributed by atoms with E-state index in [0.29, 0.717) is 28.7 Å². The number of aliphatic hydroxyl groups is 1. The molecule has 6 heteroatoms. The fourth-order valence-electron chi connectivity index (χ4n) is 2.69. The van der Waals surface area contributed by atoms with Gasteiger partial charge in [-0.2, -0.15) is 0 Å². The van der Waals surface area contributed by atoms with Crippen molar-refractivity contribution in [3.8, 4) is 28.7 Å². The summed E-state index contributed by atoms with van der Waals surface area (Å²) >= 11 is 0. The lowest BCUT2D eigenvalue weighted by Gasteiger charge is -2.14. The van der Waals surface area contributed by atoms with Gasteiger partial charge < -0.3 is 28.8 Å². The molecular formula is C20H24O6. The third-order valence-corrected chi connectivity index (χ3v) is 3.97. The quantitative estimate of drug-likeness (QED) is 0.728. The predicted octanol–water partition coefficient (Wildman–Crippen LogP) is 3.39. The van der Waals surface area contributed by atoms with Crippen LogP contribution in [-0.4, -0.2) is 40.7 Å². The van der Waals surface area contributed by atoms with E-state index in [0.717, 1.165) is 16.7 Å². The van der Waals surface area contributed by atoms with E-state index >= 15 is 0 Å². The van der Waals surface area contributed by atoms with Gasteiger partial charge in [0.1, 0.15) is 0 Å². The third kappa shape index (κ3) is 3.86. The molecule has 0 atom stereocenters. The summed E-state index contributed by atoms with van der Waals surface area (Å²) in [6.45, 7) is -0.116. The maximum atomic E-state index is 9.65. The molecule has 2 aromatic rings. The summed E-state index contributed by atoms with van der Waals surface area (Å²) in [6, 6.07) is 7.24. The van der Waals surface area contributed by atoms with Crippen LogP contribution in [0, 0.1) is 0 Å². The first-order chi connectivity index (χ1) is 12.6. The number of methoxy groups -OCH3 is 5. The van der Waals surface area contributed by atoms with Crippen molar-refractivity contribution in [1.82, 2.24) is 0 Å². The van der Waals surface area contributed by atoms with Crippen molar-refractivity contribution < 1.29 is 28.8 Å². The minimum atomic E-state index is -0.116. The molecule has 1 N–H and O–H groups in total. The lowest BCUT2D eigenvalue weighted by molar-refractivity contribution is 0.280. The van der Waals surface area contributed by atoms with Crippen LogP contribution in [-0.2, 0) is 6.61 Å². The number of benzene rings is 2. The molecule has 0 radical (unpaired) electrons. The largest absolute Gasteiger partial charge is 0.493 e. The zero-order valence-electron chi connectivity index (χ0n) is 15.7. The smallest absolute Gasteiger partial charge is 0.203 e. The molecule has 2 aromatic carbocycles. The first-order valence-electron chi connectivity index (χ1n) is 7.96. The van der Waals surface area contributed by atoms with E-state index in [1.165, 1.54) is 0 Å². The molecule has 0 heterocycles. The maximum absolute atomic E-state index is 9.65. The van der Waals surface area contributed by atoms with Crippen LogP contribution in [0.2, 0.25) is 0 Å². The molecule has 26 heavy (non-hydrogen) atoms. The molecule has 0 spiro atoms. The third-order valence-electron chi connectivity index (χ3n) is 3.97. The summed E-state index contributed by atoms with van der Waals surface area (Å²) in [6.07, 6.45) is 3.73. The van der Waals surface area contributed by atoms with Gasteiger partial charge >= 0.3 is 0 Å². The molecule has 0 aliphatic carbocycles. The minimum Gasteiger partial charge on any atom is -0.493 e. The molecule has 0 unspecified atom stereocenters. The van der Waals surface area contributed by atoms with Crippen molar-refractivity contribution in [1.29, 1.82) is 0 Å². The average molecular weight is 360 g/mol. The Morgan fingerprint density at radius 2 is 1.31 bits per heavy atom. The highest BCUT2D eigenvalue weighted by Gasteiger charge is 2.14. The second kappa shape index (κ2) is 9.01. The highest BCUT2D eigenvalue weighted by atomic mass is 16.5. The SMILES string of the molecule is COc1cc(C=Cc2c(CO)ccc(OC)c2OC)cc(OC)c1OC. The average Bonchev–Trinajstić information content (AvgIpc) is 2.70. The van der Waals surface area contributed by atoms with Gasteiger partial charge in [-0.15, -0.1) is 0 Å². The predicted molar refractivity (Wildman–Crippen MR) is 100 cm³/mol. The van der Waals surface area contributed by atoms with Crippen molar-refractivity contribution in [2.24, 2.45) is 0 Å². The van der Waals surface area contributed by atoms with Crippen molar-refractivity contribution in [3.63, 3.8) is 0 Å². The number of hydrogen-bond donors (Lipinski definition) is 1. The minimum absolute atomic E-state index is 0.116. The van der Waals surface area contributed by atoms with E-state index in [-0.39, 0.29) is 6.61 Å². The monoisotopic (exact) mass is 360 g/mol. The first-order valence-corrected chi connectivity index (χ1v) is 7.96. The lowest BCUT2D eigenvalue weighted by atomic mass is 10.0. The number of ether oxygens (including phenoxy) is 5. The van der Waals surface area contributed by atoms with Gasteiger partial charge in [0.2, 0.25) is 5.75 Å². The van der Waals surface area contributed by atoms with Crippen LogP contribution in [0.25, 0.3) is 12.2 Å². The van der Waals surface area contributed by atoms with E-state index in [1.807, 2.05) is 24.3 Å². The van der Waals surface area contributed by atoms with Gasteiger partial charge in [0.25, 0.3) is 0 Å². The Balaban J connectivity index is 2.53. The Bertz CT molecular complexity index is 757. The molecule has 0 amide bonds. The molecular weight excluding hydrogens is 336 g/mol. The van der Waals surface area contributed by atoms with Crippen LogP contribution in [0.5, 0.6) is 28.7 Å². The molecule has 0 bridgehead atoms. The van der Waals surface area contributed by atoms with Gasteiger partial charge in [0.05, 0.1) is 42.2 Å². The van der Waals surface area contributed by atoms with E-state index in [4.69, 9.17) is 23.7 Å². The van der Waals surface area contributed by atoms with E-state index in [9.17, 15) is 5.11 Å². The van der Waals surface area contributed by atoms with Gasteiger partial charge in [-0.05, 0) is 29.3 Å². The summed E-state index contributed by atoms with van der Waals surface area (Å²) in [4.78, 5) is 0. The Kier molecular flexibility index (Phi) is 6.74. The van der Waals surface area contributed by atoms with E-state index < -0.39 is 0 Å². The zero-order valence-corrected chi connectivity index (χ0v) is 15.7. The molecule has 0 fully saturated rings. The zero-order chi connectivity index (χ0) is 19.1. The van der Waals surface area contributed by atoms with E-state index in [2.05, 4.69) is 0 Å². The standard InChI is InChI=1S/C20H24O6/c1-22-16-9-7-14(12-21)15(19(16)25-4)8-6-13-10-17(23-2)20(26-5)18(11-13)24-3/h6-11,21H,12H2,1-5H3. The van der Waals surface area contributed by atoms with Crippen LogP contribution >= 0.6 is 0 Å². The topological polar surface area (TPSA) is 66.4 Å². The highest BCUT2D eigenvalue weighted by molar-refractivity contribution is 5.77. The summed E-state index contributed by atoms with van der Waals surface area (Å²) < 4.78 is 26.9. The number of rotatable bonds is 8. The highest BCUT2D eigenvalue weighted by Crippen LogP contribution is 2.39. The van der Waals surface area contributed by atoms with Crippen LogP contribution in [0.15, 0.2) is 24.3 Å². The first kappa shape index (κ1) is 19.5. The molecule has 0 saturated heterocycles. The molecule has 0 saturated carbocycles. The fraction of sp³-hybridized carbons (Fsp3) is 0.300. The van der Waals surface area contributed by atoms with E-state index in [1.54, 1.807) is 47.7 Å². The molecule has 6 nitrogen and oxygen atoms in total. The van der Waals surface area contributed by atoms with Crippen molar-refractivity contribution >= 4 is 12.2 Å². The normalized spacial score (nSPS) is 10.7. The molecule has 0 aliphatic rings. The van der Waals surface area contributed by atoms with Crippen molar-refractivity contribution in [2.45, 2.75) is 6.61 Å². The summed E-state index contributed by atoms with van der Waals surface area (Å²) in [7, 11) is 7.84.